The van der Waals surface area contributed by atoms with Crippen LogP contribution < -0.4 is 11.3 Å². The van der Waals surface area contributed by atoms with Crippen molar-refractivity contribution >= 4 is 15.9 Å². The van der Waals surface area contributed by atoms with Gasteiger partial charge in [0, 0.05) is 22.8 Å². The van der Waals surface area contributed by atoms with Crippen molar-refractivity contribution in [3.8, 4) is 0 Å². The molecule has 0 bridgehead atoms. The molecule has 0 amide bonds. The first kappa shape index (κ1) is 11.5. The highest BCUT2D eigenvalue weighted by Crippen LogP contribution is 2.11. The number of pyridine rings is 1. The van der Waals surface area contributed by atoms with Crippen LogP contribution in [0.5, 0.6) is 0 Å². The molecule has 0 aliphatic carbocycles. The Balaban J connectivity index is 2.63. The molecule has 14 heavy (non-hydrogen) atoms. The van der Waals surface area contributed by atoms with E-state index in [4.69, 9.17) is 5.84 Å². The SMILES string of the molecule is NNC(Cc1ccc(Br)cn1)C(F)F. The van der Waals surface area contributed by atoms with Gasteiger partial charge in [-0.3, -0.25) is 16.3 Å². The van der Waals surface area contributed by atoms with E-state index in [1.54, 1.807) is 18.3 Å². The van der Waals surface area contributed by atoms with Crippen LogP contribution in [0.25, 0.3) is 0 Å². The molecule has 78 valence electrons. The molecule has 1 heterocycles. The van der Waals surface area contributed by atoms with Gasteiger partial charge in [0.1, 0.15) is 0 Å². The molecule has 1 aromatic heterocycles. The van der Waals surface area contributed by atoms with Gasteiger partial charge in [0.15, 0.2) is 0 Å². The molecule has 6 heteroatoms. The Morgan fingerprint density at radius 3 is 2.64 bits per heavy atom. The van der Waals surface area contributed by atoms with Gasteiger partial charge in [-0.2, -0.15) is 0 Å². The molecule has 1 unspecified atom stereocenters. The molecule has 3 N–H and O–H groups in total. The fraction of sp³-hybridized carbons (Fsp3) is 0.375. The van der Waals surface area contributed by atoms with Crippen LogP contribution in [0.3, 0.4) is 0 Å². The summed E-state index contributed by atoms with van der Waals surface area (Å²) < 4.78 is 25.4. The summed E-state index contributed by atoms with van der Waals surface area (Å²) in [5.41, 5.74) is 2.64. The highest BCUT2D eigenvalue weighted by Gasteiger charge is 2.19. The van der Waals surface area contributed by atoms with Crippen molar-refractivity contribution in [3.05, 3.63) is 28.5 Å². The quantitative estimate of drug-likeness (QED) is 0.641. The molecular formula is C8H10BrF2N3. The zero-order valence-electron chi connectivity index (χ0n) is 7.25. The summed E-state index contributed by atoms with van der Waals surface area (Å²) in [5, 5.41) is 0. The van der Waals surface area contributed by atoms with E-state index in [1.807, 2.05) is 0 Å². The normalized spacial score (nSPS) is 13.2. The lowest BCUT2D eigenvalue weighted by Gasteiger charge is -2.13. The Bertz CT molecular complexity index is 278. The third-order valence-corrected chi connectivity index (χ3v) is 2.21. The van der Waals surface area contributed by atoms with E-state index in [-0.39, 0.29) is 6.42 Å². The maximum Gasteiger partial charge on any atom is 0.255 e. The molecule has 0 aromatic carbocycles. The molecule has 0 saturated heterocycles. The molecule has 0 aliphatic heterocycles. The maximum atomic E-state index is 12.3. The first-order valence-electron chi connectivity index (χ1n) is 3.98. The van der Waals surface area contributed by atoms with Gasteiger partial charge < -0.3 is 0 Å². The van der Waals surface area contributed by atoms with E-state index >= 15 is 0 Å². The standard InChI is InChI=1S/C8H10BrF2N3/c9-5-1-2-6(13-4-5)3-7(14-12)8(10)11/h1-2,4,7-8,14H,3,12H2. The third-order valence-electron chi connectivity index (χ3n) is 1.74. The van der Waals surface area contributed by atoms with Crippen molar-refractivity contribution in [3.63, 3.8) is 0 Å². The highest BCUT2D eigenvalue weighted by molar-refractivity contribution is 9.10. The topological polar surface area (TPSA) is 50.9 Å². The largest absolute Gasteiger partial charge is 0.271 e. The minimum atomic E-state index is -2.49. The third kappa shape index (κ3) is 3.28. The van der Waals surface area contributed by atoms with Crippen LogP contribution >= 0.6 is 15.9 Å². The molecule has 1 aromatic rings. The fourth-order valence-corrected chi connectivity index (χ4v) is 1.21. The van der Waals surface area contributed by atoms with Crippen molar-refractivity contribution in [2.24, 2.45) is 5.84 Å². The molecular weight excluding hydrogens is 256 g/mol. The van der Waals surface area contributed by atoms with Gasteiger partial charge >= 0.3 is 0 Å². The van der Waals surface area contributed by atoms with Crippen LogP contribution in [0.15, 0.2) is 22.8 Å². The number of nitrogens with one attached hydrogen (secondary N) is 1. The highest BCUT2D eigenvalue weighted by atomic mass is 79.9. The van der Waals surface area contributed by atoms with Crippen LogP contribution in [0.2, 0.25) is 0 Å². The van der Waals surface area contributed by atoms with E-state index in [1.165, 1.54) is 0 Å². The molecule has 3 nitrogen and oxygen atoms in total. The number of hydrogen-bond acceptors (Lipinski definition) is 3. The number of hydrazine groups is 1. The first-order valence-corrected chi connectivity index (χ1v) is 4.77. The van der Waals surface area contributed by atoms with Crippen molar-refractivity contribution in [1.82, 2.24) is 10.4 Å². The van der Waals surface area contributed by atoms with Crippen molar-refractivity contribution < 1.29 is 8.78 Å². The molecule has 1 atom stereocenters. The van der Waals surface area contributed by atoms with Gasteiger partial charge in [0.2, 0.25) is 0 Å². The second-order valence-electron chi connectivity index (χ2n) is 2.78. The van der Waals surface area contributed by atoms with Crippen LogP contribution in [-0.4, -0.2) is 17.5 Å². The van der Waals surface area contributed by atoms with Crippen molar-refractivity contribution in [1.29, 1.82) is 0 Å². The lowest BCUT2D eigenvalue weighted by Crippen LogP contribution is -2.42. The van der Waals surface area contributed by atoms with Gasteiger partial charge in [-0.1, -0.05) is 0 Å². The number of alkyl halides is 2. The van der Waals surface area contributed by atoms with Gasteiger partial charge in [0.05, 0.1) is 6.04 Å². The lowest BCUT2D eigenvalue weighted by molar-refractivity contribution is 0.0980. The van der Waals surface area contributed by atoms with Crippen LogP contribution in [0.4, 0.5) is 8.78 Å². The maximum absolute atomic E-state index is 12.3. The second kappa shape index (κ2) is 5.33. The van der Waals surface area contributed by atoms with E-state index < -0.39 is 12.5 Å². The predicted octanol–water partition coefficient (Wildman–Crippen LogP) is 1.48. The monoisotopic (exact) mass is 265 g/mol. The molecule has 0 fully saturated rings. The molecule has 0 spiro atoms. The lowest BCUT2D eigenvalue weighted by atomic mass is 10.1. The van der Waals surface area contributed by atoms with Gasteiger partial charge in [0.25, 0.3) is 6.43 Å². The Labute approximate surface area is 88.8 Å². The Hall–Kier alpha value is -0.590. The Kier molecular flexibility index (Phi) is 4.37. The van der Waals surface area contributed by atoms with Gasteiger partial charge in [-0.05, 0) is 28.1 Å². The Morgan fingerprint density at radius 2 is 2.21 bits per heavy atom. The second-order valence-corrected chi connectivity index (χ2v) is 3.70. The zero-order chi connectivity index (χ0) is 10.6. The number of hydrogen-bond donors (Lipinski definition) is 2. The number of rotatable bonds is 4. The molecule has 1 rings (SSSR count). The van der Waals surface area contributed by atoms with Gasteiger partial charge in [-0.25, -0.2) is 8.78 Å². The molecule has 0 aliphatic rings. The van der Waals surface area contributed by atoms with E-state index in [2.05, 4.69) is 26.3 Å². The summed E-state index contributed by atoms with van der Waals surface area (Å²) in [6.07, 6.45) is -0.819. The average molecular weight is 266 g/mol. The number of aromatic nitrogens is 1. The number of nitrogens with two attached hydrogens (primary N) is 1. The molecule has 0 radical (unpaired) electrons. The summed E-state index contributed by atoms with van der Waals surface area (Å²) in [6.45, 7) is 0. The summed E-state index contributed by atoms with van der Waals surface area (Å²) in [7, 11) is 0. The minimum absolute atomic E-state index is 0.113. The first-order chi connectivity index (χ1) is 6.63. The minimum Gasteiger partial charge on any atom is -0.271 e. The van der Waals surface area contributed by atoms with Crippen molar-refractivity contribution in [2.75, 3.05) is 0 Å². The summed E-state index contributed by atoms with van der Waals surface area (Å²) in [6, 6.07) is 2.38. The van der Waals surface area contributed by atoms with E-state index in [9.17, 15) is 8.78 Å². The summed E-state index contributed by atoms with van der Waals surface area (Å²) in [4.78, 5) is 3.97. The average Bonchev–Trinajstić information content (AvgIpc) is 2.16. The number of nitrogens with zero attached hydrogens (tertiary/aromatic N) is 1. The van der Waals surface area contributed by atoms with Crippen LogP contribution in [0, 0.1) is 0 Å². The smallest absolute Gasteiger partial charge is 0.255 e. The van der Waals surface area contributed by atoms with E-state index in [0.717, 1.165) is 4.47 Å². The Morgan fingerprint density at radius 1 is 1.50 bits per heavy atom. The van der Waals surface area contributed by atoms with Gasteiger partial charge in [-0.15, -0.1) is 0 Å². The summed E-state index contributed by atoms with van der Waals surface area (Å²) in [5.74, 6) is 4.98. The predicted molar refractivity (Wildman–Crippen MR) is 52.8 cm³/mol. The van der Waals surface area contributed by atoms with Crippen LogP contribution in [-0.2, 0) is 6.42 Å². The zero-order valence-corrected chi connectivity index (χ0v) is 8.84. The summed E-state index contributed by atoms with van der Waals surface area (Å²) >= 11 is 3.21. The van der Waals surface area contributed by atoms with Crippen LogP contribution in [0.1, 0.15) is 5.69 Å². The van der Waals surface area contributed by atoms with Crippen molar-refractivity contribution in [2.45, 2.75) is 18.9 Å². The van der Waals surface area contributed by atoms with E-state index in [0.29, 0.717) is 5.69 Å². The fourth-order valence-electron chi connectivity index (χ4n) is 0.973. The molecule has 0 saturated carbocycles. The number of halogens is 3.